The molecule has 78 valence electrons. The van der Waals surface area contributed by atoms with Crippen molar-refractivity contribution in [2.24, 2.45) is 0 Å². The normalized spacial score (nSPS) is 18.8. The summed E-state index contributed by atoms with van der Waals surface area (Å²) in [6, 6.07) is 5.08. The molecule has 2 rings (SSSR count). The Morgan fingerprint density at radius 2 is 2.27 bits per heavy atom. The smallest absolute Gasteiger partial charge is 0.227 e. The van der Waals surface area contributed by atoms with Gasteiger partial charge in [0.2, 0.25) is 5.91 Å². The highest BCUT2D eigenvalue weighted by atomic mass is 35.5. The van der Waals surface area contributed by atoms with Crippen LogP contribution in [0.3, 0.4) is 0 Å². The Kier molecular flexibility index (Phi) is 2.49. The molecule has 0 saturated heterocycles. The van der Waals surface area contributed by atoms with Crippen molar-refractivity contribution in [1.82, 2.24) is 5.32 Å². The average Bonchev–Trinajstić information content (AvgIpc) is 2.55. The van der Waals surface area contributed by atoms with Crippen molar-refractivity contribution in [3.63, 3.8) is 0 Å². The van der Waals surface area contributed by atoms with Crippen molar-refractivity contribution in [1.29, 1.82) is 0 Å². The molecule has 0 aromatic heterocycles. The van der Waals surface area contributed by atoms with Gasteiger partial charge in [-0.05, 0) is 17.7 Å². The fraction of sp³-hybridized carbons (Fsp3) is 0.273. The highest BCUT2D eigenvalue weighted by Gasteiger charge is 2.33. The van der Waals surface area contributed by atoms with Crippen molar-refractivity contribution < 1.29 is 9.59 Å². The summed E-state index contributed by atoms with van der Waals surface area (Å²) in [4.78, 5) is 23.1. The van der Waals surface area contributed by atoms with E-state index in [9.17, 15) is 9.59 Å². The fourth-order valence-corrected chi connectivity index (χ4v) is 2.06. The molecule has 1 aromatic rings. The first-order valence-electron chi connectivity index (χ1n) is 4.67. The Balaban J connectivity index is 2.47. The van der Waals surface area contributed by atoms with E-state index in [2.05, 4.69) is 5.32 Å². The van der Waals surface area contributed by atoms with Crippen molar-refractivity contribution >= 4 is 23.3 Å². The summed E-state index contributed by atoms with van der Waals surface area (Å²) in [5.74, 6) is -0.486. The summed E-state index contributed by atoms with van der Waals surface area (Å²) in [5, 5.41) is 3.09. The molecule has 1 N–H and O–H groups in total. The number of benzene rings is 1. The number of rotatable bonds is 1. The minimum Gasteiger partial charge on any atom is -0.359 e. The van der Waals surface area contributed by atoms with E-state index in [1.807, 2.05) is 0 Å². The maximum absolute atomic E-state index is 11.6. The molecular weight excluding hydrogens is 214 g/mol. The van der Waals surface area contributed by atoms with E-state index in [1.54, 1.807) is 25.2 Å². The van der Waals surface area contributed by atoms with Crippen molar-refractivity contribution in [2.45, 2.75) is 12.3 Å². The first-order valence-corrected chi connectivity index (χ1v) is 5.05. The molecule has 0 heterocycles. The highest BCUT2D eigenvalue weighted by molar-refractivity contribution is 6.31. The third-order valence-corrected chi connectivity index (χ3v) is 2.88. The predicted molar refractivity (Wildman–Crippen MR) is 57.2 cm³/mol. The van der Waals surface area contributed by atoms with Gasteiger partial charge in [0.1, 0.15) is 0 Å². The maximum Gasteiger partial charge on any atom is 0.227 e. The first-order chi connectivity index (χ1) is 7.13. The fourth-order valence-electron chi connectivity index (χ4n) is 1.89. The van der Waals surface area contributed by atoms with Crippen LogP contribution < -0.4 is 5.32 Å². The number of carbonyl (C=O) groups is 2. The Morgan fingerprint density at radius 3 is 2.93 bits per heavy atom. The van der Waals surface area contributed by atoms with E-state index in [1.165, 1.54) is 0 Å². The van der Waals surface area contributed by atoms with Crippen LogP contribution in [0.4, 0.5) is 0 Å². The van der Waals surface area contributed by atoms with Gasteiger partial charge in [0.15, 0.2) is 5.78 Å². The average molecular weight is 224 g/mol. The van der Waals surface area contributed by atoms with Gasteiger partial charge in [-0.1, -0.05) is 17.7 Å². The van der Waals surface area contributed by atoms with Crippen LogP contribution in [-0.2, 0) is 4.79 Å². The molecule has 1 aromatic carbocycles. The van der Waals surface area contributed by atoms with Gasteiger partial charge < -0.3 is 5.32 Å². The lowest BCUT2D eigenvalue weighted by Crippen LogP contribution is -2.24. The van der Waals surface area contributed by atoms with E-state index < -0.39 is 0 Å². The van der Waals surface area contributed by atoms with E-state index in [4.69, 9.17) is 11.6 Å². The molecule has 1 aliphatic rings. The van der Waals surface area contributed by atoms with Crippen LogP contribution in [0.5, 0.6) is 0 Å². The molecule has 1 aliphatic carbocycles. The molecule has 1 amide bonds. The lowest BCUT2D eigenvalue weighted by atomic mass is 10.0. The first kappa shape index (κ1) is 10.2. The van der Waals surface area contributed by atoms with Gasteiger partial charge in [-0.25, -0.2) is 0 Å². The van der Waals surface area contributed by atoms with Gasteiger partial charge in [-0.15, -0.1) is 0 Å². The van der Waals surface area contributed by atoms with Gasteiger partial charge in [-0.3, -0.25) is 9.59 Å². The topological polar surface area (TPSA) is 46.2 Å². The molecule has 1 atom stereocenters. The summed E-state index contributed by atoms with van der Waals surface area (Å²) in [6.07, 6.45) is 0.245. The summed E-state index contributed by atoms with van der Waals surface area (Å²) in [5.41, 5.74) is 1.36. The number of fused-ring (bicyclic) bond motifs is 1. The number of ketones is 1. The molecule has 0 fully saturated rings. The second-order valence-electron chi connectivity index (χ2n) is 3.53. The number of likely N-dealkylation sites (N-methyl/N-ethyl adjacent to an activating group) is 1. The number of halogens is 1. The lowest BCUT2D eigenvalue weighted by molar-refractivity contribution is -0.121. The van der Waals surface area contributed by atoms with E-state index in [-0.39, 0.29) is 24.0 Å². The van der Waals surface area contributed by atoms with Gasteiger partial charge in [0, 0.05) is 24.1 Å². The number of hydrogen-bond acceptors (Lipinski definition) is 2. The number of hydrogen-bond donors (Lipinski definition) is 1. The second-order valence-corrected chi connectivity index (χ2v) is 3.96. The molecule has 0 radical (unpaired) electrons. The Bertz CT molecular complexity index is 442. The molecule has 0 aliphatic heterocycles. The third-order valence-electron chi connectivity index (χ3n) is 2.64. The monoisotopic (exact) mass is 223 g/mol. The van der Waals surface area contributed by atoms with Gasteiger partial charge in [0.05, 0.1) is 5.92 Å². The molecule has 1 unspecified atom stereocenters. The molecular formula is C11H10ClNO2. The highest BCUT2D eigenvalue weighted by Crippen LogP contribution is 2.34. The van der Waals surface area contributed by atoms with E-state index in [0.717, 1.165) is 5.56 Å². The van der Waals surface area contributed by atoms with E-state index >= 15 is 0 Å². The standard InChI is InChI=1S/C11H10ClNO2/c1-13-11(15)9-5-10(14)8-4-6(12)2-3-7(8)9/h2-4,9H,5H2,1H3,(H,13,15). The predicted octanol–water partition coefficient (Wildman–Crippen LogP) is 1.76. The minimum atomic E-state index is -0.352. The van der Waals surface area contributed by atoms with Gasteiger partial charge in [0.25, 0.3) is 0 Å². The van der Waals surface area contributed by atoms with Crippen LogP contribution in [0.25, 0.3) is 0 Å². The molecule has 15 heavy (non-hydrogen) atoms. The molecule has 0 bridgehead atoms. The zero-order valence-corrected chi connectivity index (χ0v) is 8.97. The largest absolute Gasteiger partial charge is 0.359 e. The van der Waals surface area contributed by atoms with Crippen LogP contribution in [0.15, 0.2) is 18.2 Å². The SMILES string of the molecule is CNC(=O)C1CC(=O)c2cc(Cl)ccc21. The molecule has 4 heteroatoms. The Labute approximate surface area is 92.4 Å². The van der Waals surface area contributed by atoms with Crippen LogP contribution >= 0.6 is 11.6 Å². The zero-order chi connectivity index (χ0) is 11.0. The van der Waals surface area contributed by atoms with E-state index in [0.29, 0.717) is 10.6 Å². The molecule has 3 nitrogen and oxygen atoms in total. The van der Waals surface area contributed by atoms with Crippen molar-refractivity contribution in [3.05, 3.63) is 34.3 Å². The van der Waals surface area contributed by atoms with Gasteiger partial charge in [-0.2, -0.15) is 0 Å². The van der Waals surface area contributed by atoms with Crippen molar-refractivity contribution in [3.8, 4) is 0 Å². The Morgan fingerprint density at radius 1 is 1.53 bits per heavy atom. The number of nitrogens with one attached hydrogen (secondary N) is 1. The minimum absolute atomic E-state index is 0.0129. The number of carbonyl (C=O) groups excluding carboxylic acids is 2. The molecule has 0 spiro atoms. The third kappa shape index (κ3) is 1.63. The van der Waals surface area contributed by atoms with Crippen LogP contribution in [0, 0.1) is 0 Å². The van der Waals surface area contributed by atoms with Crippen LogP contribution in [0.1, 0.15) is 28.3 Å². The lowest BCUT2D eigenvalue weighted by Gasteiger charge is -2.08. The Hall–Kier alpha value is -1.35. The van der Waals surface area contributed by atoms with Crippen LogP contribution in [-0.4, -0.2) is 18.7 Å². The maximum atomic E-state index is 11.6. The summed E-state index contributed by atoms with van der Waals surface area (Å²) >= 11 is 5.80. The quantitative estimate of drug-likeness (QED) is 0.789. The van der Waals surface area contributed by atoms with Crippen molar-refractivity contribution in [2.75, 3.05) is 7.05 Å². The number of amides is 1. The second kappa shape index (κ2) is 3.66. The zero-order valence-electron chi connectivity index (χ0n) is 8.21. The van der Waals surface area contributed by atoms with Crippen LogP contribution in [0.2, 0.25) is 5.02 Å². The molecule has 0 saturated carbocycles. The summed E-state index contributed by atoms with van der Waals surface area (Å²) in [6.45, 7) is 0. The summed E-state index contributed by atoms with van der Waals surface area (Å²) < 4.78 is 0. The summed E-state index contributed by atoms with van der Waals surface area (Å²) in [7, 11) is 1.57. The number of Topliss-reactive ketones (excluding diaryl/α,β-unsaturated/α-hetero) is 1. The van der Waals surface area contributed by atoms with Gasteiger partial charge >= 0.3 is 0 Å².